The number of piperazine rings is 1. The highest BCUT2D eigenvalue weighted by Gasteiger charge is 2.22. The number of aromatic nitrogens is 2. The number of hydrogen-bond acceptors (Lipinski definition) is 5. The molecule has 8 nitrogen and oxygen atoms in total. The lowest BCUT2D eigenvalue weighted by Crippen LogP contribution is -2.49. The molecule has 0 atom stereocenters. The van der Waals surface area contributed by atoms with Gasteiger partial charge in [-0.1, -0.05) is 6.92 Å². The third kappa shape index (κ3) is 4.08. The number of aryl methyl sites for hydroxylation is 1. The first-order chi connectivity index (χ1) is 12.6. The zero-order chi connectivity index (χ0) is 18.5. The van der Waals surface area contributed by atoms with E-state index < -0.39 is 4.92 Å². The summed E-state index contributed by atoms with van der Waals surface area (Å²) in [5.41, 5.74) is 0.493. The predicted octanol–water partition coefficient (Wildman–Crippen LogP) is 1.81. The van der Waals surface area contributed by atoms with Gasteiger partial charge < -0.3 is 9.47 Å². The number of nitrogens with zero attached hydrogens (tertiary/aromatic N) is 5. The number of nitro groups is 1. The molecule has 1 aromatic heterocycles. The molecule has 0 saturated carbocycles. The Kier molecular flexibility index (Phi) is 5.62. The SMILES string of the molecule is CCc1nccn1CCN1CCN(C(=O)c2ccc([N+](=O)[O-])cc2)CC1. The fraction of sp³-hybridized carbons (Fsp3) is 0.444. The van der Waals surface area contributed by atoms with Crippen molar-refractivity contribution in [2.45, 2.75) is 19.9 Å². The lowest BCUT2D eigenvalue weighted by molar-refractivity contribution is -0.384. The largest absolute Gasteiger partial charge is 0.336 e. The van der Waals surface area contributed by atoms with Crippen LogP contribution in [0.2, 0.25) is 0 Å². The summed E-state index contributed by atoms with van der Waals surface area (Å²) in [7, 11) is 0. The molecule has 1 saturated heterocycles. The Hall–Kier alpha value is -2.74. The smallest absolute Gasteiger partial charge is 0.269 e. The molecule has 2 aromatic rings. The van der Waals surface area contributed by atoms with Gasteiger partial charge in [0.1, 0.15) is 5.82 Å². The van der Waals surface area contributed by atoms with Crippen LogP contribution in [0.25, 0.3) is 0 Å². The molecule has 1 fully saturated rings. The van der Waals surface area contributed by atoms with Crippen LogP contribution >= 0.6 is 0 Å². The van der Waals surface area contributed by atoms with Crippen molar-refractivity contribution in [3.8, 4) is 0 Å². The highest BCUT2D eigenvalue weighted by Crippen LogP contribution is 2.14. The molecule has 138 valence electrons. The molecular formula is C18H23N5O3. The zero-order valence-electron chi connectivity index (χ0n) is 14.9. The normalized spacial score (nSPS) is 15.2. The molecule has 1 aromatic carbocycles. The van der Waals surface area contributed by atoms with E-state index in [0.717, 1.165) is 38.4 Å². The van der Waals surface area contributed by atoms with Crippen molar-refractivity contribution in [1.29, 1.82) is 0 Å². The van der Waals surface area contributed by atoms with Gasteiger partial charge in [-0.3, -0.25) is 19.8 Å². The Balaban J connectivity index is 1.50. The van der Waals surface area contributed by atoms with Crippen LogP contribution in [0.3, 0.4) is 0 Å². The summed E-state index contributed by atoms with van der Waals surface area (Å²) in [5.74, 6) is 1.03. The third-order valence-corrected chi connectivity index (χ3v) is 4.76. The number of benzene rings is 1. The third-order valence-electron chi connectivity index (χ3n) is 4.76. The Morgan fingerprint density at radius 1 is 1.15 bits per heavy atom. The van der Waals surface area contributed by atoms with E-state index in [9.17, 15) is 14.9 Å². The van der Waals surface area contributed by atoms with E-state index in [1.165, 1.54) is 24.3 Å². The van der Waals surface area contributed by atoms with Crippen molar-refractivity contribution in [2.24, 2.45) is 0 Å². The minimum atomic E-state index is -0.461. The first kappa shape index (κ1) is 18.1. The van der Waals surface area contributed by atoms with Crippen LogP contribution in [0.1, 0.15) is 23.1 Å². The van der Waals surface area contributed by atoms with Gasteiger partial charge in [-0.15, -0.1) is 0 Å². The van der Waals surface area contributed by atoms with Gasteiger partial charge in [0.05, 0.1) is 4.92 Å². The average Bonchev–Trinajstić information content (AvgIpc) is 3.14. The molecule has 2 heterocycles. The Bertz CT molecular complexity index is 763. The van der Waals surface area contributed by atoms with E-state index in [4.69, 9.17) is 0 Å². The maximum atomic E-state index is 12.5. The van der Waals surface area contributed by atoms with Gasteiger partial charge in [-0.05, 0) is 12.1 Å². The average molecular weight is 357 g/mol. The van der Waals surface area contributed by atoms with E-state index in [0.29, 0.717) is 18.7 Å². The lowest BCUT2D eigenvalue weighted by Gasteiger charge is -2.34. The Morgan fingerprint density at radius 3 is 2.46 bits per heavy atom. The van der Waals surface area contributed by atoms with E-state index in [-0.39, 0.29) is 11.6 Å². The summed E-state index contributed by atoms with van der Waals surface area (Å²) < 4.78 is 2.18. The maximum Gasteiger partial charge on any atom is 0.269 e. The molecule has 3 rings (SSSR count). The molecule has 0 aliphatic carbocycles. The van der Waals surface area contributed by atoms with Crippen LogP contribution in [-0.2, 0) is 13.0 Å². The van der Waals surface area contributed by atoms with Gasteiger partial charge in [-0.25, -0.2) is 4.98 Å². The van der Waals surface area contributed by atoms with E-state index in [1.54, 1.807) is 0 Å². The standard InChI is InChI=1S/C18H23N5O3/c1-2-17-19-7-8-21(17)12-9-20-10-13-22(14-11-20)18(24)15-3-5-16(6-4-15)23(25)26/h3-8H,2,9-14H2,1H3. The van der Waals surface area contributed by atoms with Gasteiger partial charge in [-0.2, -0.15) is 0 Å². The second kappa shape index (κ2) is 8.09. The van der Waals surface area contributed by atoms with Gasteiger partial charge in [0, 0.05) is 75.8 Å². The van der Waals surface area contributed by atoms with Crippen molar-refractivity contribution >= 4 is 11.6 Å². The van der Waals surface area contributed by atoms with E-state index in [2.05, 4.69) is 21.4 Å². The predicted molar refractivity (Wildman–Crippen MR) is 97.0 cm³/mol. The van der Waals surface area contributed by atoms with Crippen LogP contribution in [0, 0.1) is 10.1 Å². The second-order valence-electron chi connectivity index (χ2n) is 6.33. The number of hydrogen-bond donors (Lipinski definition) is 0. The van der Waals surface area contributed by atoms with Crippen molar-refractivity contribution in [3.63, 3.8) is 0 Å². The molecule has 1 aliphatic heterocycles. The molecule has 0 bridgehead atoms. The fourth-order valence-corrected chi connectivity index (χ4v) is 3.19. The summed E-state index contributed by atoms with van der Waals surface area (Å²) in [5, 5.41) is 10.7. The topological polar surface area (TPSA) is 84.5 Å². The fourth-order valence-electron chi connectivity index (χ4n) is 3.19. The molecular weight excluding hydrogens is 334 g/mol. The van der Waals surface area contributed by atoms with Gasteiger partial charge in [0.15, 0.2) is 0 Å². The quantitative estimate of drug-likeness (QED) is 0.581. The highest BCUT2D eigenvalue weighted by molar-refractivity contribution is 5.94. The van der Waals surface area contributed by atoms with Crippen LogP contribution < -0.4 is 0 Å². The van der Waals surface area contributed by atoms with Crippen LogP contribution in [-0.4, -0.2) is 62.9 Å². The molecule has 1 amide bonds. The summed E-state index contributed by atoms with van der Waals surface area (Å²) >= 11 is 0. The first-order valence-corrected chi connectivity index (χ1v) is 8.84. The van der Waals surface area contributed by atoms with Crippen LogP contribution in [0.5, 0.6) is 0 Å². The number of carbonyl (C=O) groups excluding carboxylic acids is 1. The number of amides is 1. The van der Waals surface area contributed by atoms with Gasteiger partial charge in [0.2, 0.25) is 0 Å². The Labute approximate surface area is 152 Å². The van der Waals surface area contributed by atoms with Crippen molar-refractivity contribution < 1.29 is 9.72 Å². The number of rotatable bonds is 6. The van der Waals surface area contributed by atoms with Crippen molar-refractivity contribution in [1.82, 2.24) is 19.4 Å². The van der Waals surface area contributed by atoms with Gasteiger partial charge in [0.25, 0.3) is 11.6 Å². The highest BCUT2D eigenvalue weighted by atomic mass is 16.6. The molecule has 26 heavy (non-hydrogen) atoms. The van der Waals surface area contributed by atoms with Crippen molar-refractivity contribution in [2.75, 3.05) is 32.7 Å². The summed E-state index contributed by atoms with van der Waals surface area (Å²) in [6, 6.07) is 5.80. The molecule has 0 N–H and O–H groups in total. The number of carbonyl (C=O) groups is 1. The van der Waals surface area contributed by atoms with Gasteiger partial charge >= 0.3 is 0 Å². The summed E-state index contributed by atoms with van der Waals surface area (Å²) in [6.07, 6.45) is 4.76. The number of imidazole rings is 1. The number of non-ortho nitro benzene ring substituents is 1. The van der Waals surface area contributed by atoms with Crippen molar-refractivity contribution in [3.05, 3.63) is 58.2 Å². The minimum Gasteiger partial charge on any atom is -0.336 e. The monoisotopic (exact) mass is 357 g/mol. The summed E-state index contributed by atoms with van der Waals surface area (Å²) in [4.78, 5) is 31.3. The molecule has 1 aliphatic rings. The van der Waals surface area contributed by atoms with Crippen LogP contribution in [0.4, 0.5) is 5.69 Å². The second-order valence-corrected chi connectivity index (χ2v) is 6.33. The lowest BCUT2D eigenvalue weighted by atomic mass is 10.1. The molecule has 0 unspecified atom stereocenters. The summed E-state index contributed by atoms with van der Waals surface area (Å²) in [6.45, 7) is 6.92. The van der Waals surface area contributed by atoms with E-state index in [1.807, 2.05) is 17.3 Å². The van der Waals surface area contributed by atoms with E-state index >= 15 is 0 Å². The molecule has 0 radical (unpaired) electrons. The zero-order valence-corrected chi connectivity index (χ0v) is 14.9. The maximum absolute atomic E-state index is 12.5. The minimum absolute atomic E-state index is 0.00248. The van der Waals surface area contributed by atoms with Crippen LogP contribution in [0.15, 0.2) is 36.7 Å². The Morgan fingerprint density at radius 2 is 1.85 bits per heavy atom. The first-order valence-electron chi connectivity index (χ1n) is 8.84. The molecule has 8 heteroatoms. The number of nitro benzene ring substituents is 1. The molecule has 0 spiro atoms.